The van der Waals surface area contributed by atoms with E-state index in [4.69, 9.17) is 14.6 Å². The van der Waals surface area contributed by atoms with E-state index in [-0.39, 0.29) is 25.7 Å². The number of aliphatic hydroxyl groups excluding tert-OH is 1. The number of amides is 2. The number of carbonyl (C=O) groups excluding carboxylic acids is 2. The topological polar surface area (TPSA) is 88.1 Å². The molecule has 0 aromatic carbocycles. The van der Waals surface area contributed by atoms with Crippen molar-refractivity contribution in [3.8, 4) is 0 Å². The average molecular weight is 274 g/mol. The van der Waals surface area contributed by atoms with Gasteiger partial charge in [0.05, 0.1) is 19.8 Å². The number of nitrogens with zero attached hydrogens (tertiary/aromatic N) is 1. The van der Waals surface area contributed by atoms with E-state index in [0.717, 1.165) is 0 Å². The van der Waals surface area contributed by atoms with Crippen LogP contribution >= 0.6 is 0 Å². The van der Waals surface area contributed by atoms with Crippen LogP contribution < -0.4 is 5.32 Å². The second-order valence-corrected chi connectivity index (χ2v) is 5.28. The molecule has 0 aromatic heterocycles. The van der Waals surface area contributed by atoms with Gasteiger partial charge in [0.25, 0.3) is 0 Å². The lowest BCUT2D eigenvalue weighted by atomic mass is 10.2. The van der Waals surface area contributed by atoms with Gasteiger partial charge in [-0.1, -0.05) is 0 Å². The first kappa shape index (κ1) is 15.7. The minimum Gasteiger partial charge on any atom is -0.444 e. The fourth-order valence-electron chi connectivity index (χ4n) is 1.66. The molecule has 1 unspecified atom stereocenters. The van der Waals surface area contributed by atoms with Crippen molar-refractivity contribution >= 4 is 12.0 Å². The number of ether oxygens (including phenoxy) is 2. The summed E-state index contributed by atoms with van der Waals surface area (Å²) in [5, 5.41) is 11.2. The summed E-state index contributed by atoms with van der Waals surface area (Å²) in [5.74, 6) is -0.348. The van der Waals surface area contributed by atoms with Crippen molar-refractivity contribution < 1.29 is 24.2 Å². The molecule has 0 saturated carbocycles. The molecule has 1 fully saturated rings. The Morgan fingerprint density at radius 2 is 2.16 bits per heavy atom. The smallest absolute Gasteiger partial charge is 0.411 e. The number of aliphatic hydroxyl groups is 1. The van der Waals surface area contributed by atoms with Crippen molar-refractivity contribution in [3.63, 3.8) is 0 Å². The third kappa shape index (κ3) is 5.04. The molecule has 2 N–H and O–H groups in total. The summed E-state index contributed by atoms with van der Waals surface area (Å²) in [6.45, 7) is 6.14. The maximum absolute atomic E-state index is 12.0. The summed E-state index contributed by atoms with van der Waals surface area (Å²) in [6, 6.07) is -0.713. The quantitative estimate of drug-likeness (QED) is 0.739. The van der Waals surface area contributed by atoms with Gasteiger partial charge in [-0.05, 0) is 20.8 Å². The number of hydrogen-bond donors (Lipinski definition) is 2. The molecule has 1 atom stereocenters. The van der Waals surface area contributed by atoms with Crippen LogP contribution in [0.15, 0.2) is 0 Å². The number of carbonyl (C=O) groups is 2. The van der Waals surface area contributed by atoms with Crippen LogP contribution in [0.5, 0.6) is 0 Å². The lowest BCUT2D eigenvalue weighted by molar-refractivity contribution is -0.132. The summed E-state index contributed by atoms with van der Waals surface area (Å²) >= 11 is 0. The van der Waals surface area contributed by atoms with Crippen LogP contribution in [-0.4, -0.2) is 66.6 Å². The van der Waals surface area contributed by atoms with Crippen LogP contribution in [0.1, 0.15) is 20.8 Å². The Kier molecular flexibility index (Phi) is 5.56. The van der Waals surface area contributed by atoms with Crippen LogP contribution in [0.25, 0.3) is 0 Å². The van der Waals surface area contributed by atoms with Gasteiger partial charge in [0, 0.05) is 13.1 Å². The number of rotatable bonds is 3. The van der Waals surface area contributed by atoms with E-state index >= 15 is 0 Å². The van der Waals surface area contributed by atoms with Gasteiger partial charge < -0.3 is 19.9 Å². The predicted molar refractivity (Wildman–Crippen MR) is 67.6 cm³/mol. The highest BCUT2D eigenvalue weighted by atomic mass is 16.6. The van der Waals surface area contributed by atoms with Crippen molar-refractivity contribution in [2.45, 2.75) is 32.4 Å². The fourth-order valence-corrected chi connectivity index (χ4v) is 1.66. The number of nitrogens with one attached hydrogen (secondary N) is 1. The molecule has 19 heavy (non-hydrogen) atoms. The summed E-state index contributed by atoms with van der Waals surface area (Å²) in [6.07, 6.45) is -0.528. The molecular weight excluding hydrogens is 252 g/mol. The average Bonchev–Trinajstić information content (AvgIpc) is 2.34. The van der Waals surface area contributed by atoms with Crippen LogP contribution in [0.2, 0.25) is 0 Å². The van der Waals surface area contributed by atoms with Crippen molar-refractivity contribution in [1.82, 2.24) is 10.2 Å². The van der Waals surface area contributed by atoms with E-state index in [9.17, 15) is 9.59 Å². The molecule has 2 amide bonds. The third-order valence-electron chi connectivity index (χ3n) is 2.47. The van der Waals surface area contributed by atoms with E-state index in [1.54, 1.807) is 20.8 Å². The minimum absolute atomic E-state index is 0.135. The predicted octanol–water partition coefficient (Wildman–Crippen LogP) is -0.269. The van der Waals surface area contributed by atoms with Crippen molar-refractivity contribution in [2.24, 2.45) is 0 Å². The van der Waals surface area contributed by atoms with E-state index < -0.39 is 17.7 Å². The number of morpholine rings is 1. The Morgan fingerprint density at radius 3 is 2.74 bits per heavy atom. The third-order valence-corrected chi connectivity index (χ3v) is 2.47. The molecule has 7 heteroatoms. The minimum atomic E-state index is -0.713. The zero-order valence-electron chi connectivity index (χ0n) is 11.6. The fraction of sp³-hybridized carbons (Fsp3) is 0.833. The lowest BCUT2D eigenvalue weighted by Crippen LogP contribution is -2.57. The maximum Gasteiger partial charge on any atom is 0.411 e. The Balaban J connectivity index is 2.66. The molecule has 1 rings (SSSR count). The molecular formula is C12H22N2O5. The van der Waals surface area contributed by atoms with Crippen LogP contribution in [0, 0.1) is 0 Å². The summed E-state index contributed by atoms with van der Waals surface area (Å²) in [5.41, 5.74) is -0.610. The van der Waals surface area contributed by atoms with Gasteiger partial charge in [-0.15, -0.1) is 0 Å². The molecule has 0 aromatic rings. The Labute approximate surface area is 112 Å². The van der Waals surface area contributed by atoms with E-state index in [1.807, 2.05) is 0 Å². The van der Waals surface area contributed by atoms with Crippen molar-refractivity contribution in [1.29, 1.82) is 0 Å². The van der Waals surface area contributed by atoms with Crippen LogP contribution in [0.4, 0.5) is 4.79 Å². The van der Waals surface area contributed by atoms with Crippen LogP contribution in [-0.2, 0) is 14.3 Å². The maximum atomic E-state index is 12.0. The monoisotopic (exact) mass is 274 g/mol. The molecule has 1 aliphatic rings. The second-order valence-electron chi connectivity index (χ2n) is 5.28. The van der Waals surface area contributed by atoms with Gasteiger partial charge in [0.15, 0.2) is 0 Å². The summed E-state index contributed by atoms with van der Waals surface area (Å²) < 4.78 is 10.5. The zero-order chi connectivity index (χ0) is 14.5. The lowest BCUT2D eigenvalue weighted by Gasteiger charge is -2.35. The molecule has 0 radical (unpaired) electrons. The Hall–Kier alpha value is -1.34. The first-order valence-corrected chi connectivity index (χ1v) is 6.31. The van der Waals surface area contributed by atoms with E-state index in [1.165, 1.54) is 4.90 Å². The van der Waals surface area contributed by atoms with Crippen LogP contribution in [0.3, 0.4) is 0 Å². The molecule has 1 heterocycles. The van der Waals surface area contributed by atoms with Gasteiger partial charge in [-0.25, -0.2) is 4.79 Å². The Morgan fingerprint density at radius 1 is 1.47 bits per heavy atom. The molecule has 0 bridgehead atoms. The molecule has 1 aliphatic heterocycles. The van der Waals surface area contributed by atoms with E-state index in [2.05, 4.69) is 5.32 Å². The van der Waals surface area contributed by atoms with Gasteiger partial charge in [0.2, 0.25) is 5.91 Å². The normalized spacial score (nSPS) is 20.0. The van der Waals surface area contributed by atoms with Gasteiger partial charge in [-0.2, -0.15) is 0 Å². The molecule has 0 spiro atoms. The highest BCUT2D eigenvalue weighted by Crippen LogP contribution is 2.14. The standard InChI is InChI=1S/C12H22N2O5/c1-12(2,3)19-11(17)14-5-7-18-8-9(14)10(16)13-4-6-15/h9,15H,4-8H2,1-3H3,(H,13,16). The molecule has 7 nitrogen and oxygen atoms in total. The van der Waals surface area contributed by atoms with Gasteiger partial charge >= 0.3 is 6.09 Å². The van der Waals surface area contributed by atoms with Gasteiger partial charge in [0.1, 0.15) is 11.6 Å². The number of hydrogen-bond acceptors (Lipinski definition) is 5. The Bertz CT molecular complexity index is 327. The SMILES string of the molecule is CC(C)(C)OC(=O)N1CCOCC1C(=O)NCCO. The van der Waals surface area contributed by atoms with Gasteiger partial charge in [-0.3, -0.25) is 9.69 Å². The van der Waals surface area contributed by atoms with Crippen molar-refractivity contribution in [3.05, 3.63) is 0 Å². The highest BCUT2D eigenvalue weighted by molar-refractivity contribution is 5.86. The molecule has 110 valence electrons. The van der Waals surface area contributed by atoms with Crippen molar-refractivity contribution in [2.75, 3.05) is 32.9 Å². The van der Waals surface area contributed by atoms with E-state index in [0.29, 0.717) is 13.2 Å². The zero-order valence-corrected chi connectivity index (χ0v) is 11.6. The largest absolute Gasteiger partial charge is 0.444 e. The summed E-state index contributed by atoms with van der Waals surface area (Å²) in [7, 11) is 0. The highest BCUT2D eigenvalue weighted by Gasteiger charge is 2.35. The first-order valence-electron chi connectivity index (χ1n) is 6.31. The first-order chi connectivity index (χ1) is 8.85. The molecule has 0 aliphatic carbocycles. The molecule has 1 saturated heterocycles. The second kappa shape index (κ2) is 6.72. The summed E-state index contributed by atoms with van der Waals surface area (Å²) in [4.78, 5) is 25.3.